The molecule has 1 unspecified atom stereocenters. The highest BCUT2D eigenvalue weighted by atomic mass is 35.5. The fraction of sp³-hybridized carbons (Fsp3) is 0.429. The highest BCUT2D eigenvalue weighted by molar-refractivity contribution is 7.10. The van der Waals surface area contributed by atoms with Gasteiger partial charge in [-0.15, -0.1) is 11.3 Å². The van der Waals surface area contributed by atoms with Crippen LogP contribution in [0.3, 0.4) is 0 Å². The van der Waals surface area contributed by atoms with Crippen molar-refractivity contribution >= 4 is 28.7 Å². The zero-order valence-electron chi connectivity index (χ0n) is 14.9. The van der Waals surface area contributed by atoms with Gasteiger partial charge in [0.1, 0.15) is 0 Å². The molecule has 0 N–H and O–H groups in total. The van der Waals surface area contributed by atoms with Crippen molar-refractivity contribution in [3.8, 4) is 0 Å². The van der Waals surface area contributed by atoms with Crippen molar-refractivity contribution in [2.45, 2.75) is 51.9 Å². The van der Waals surface area contributed by atoms with Crippen LogP contribution in [-0.4, -0.2) is 10.8 Å². The van der Waals surface area contributed by atoms with E-state index in [4.69, 9.17) is 11.6 Å². The van der Waals surface area contributed by atoms with E-state index in [9.17, 15) is 4.79 Å². The number of aromatic nitrogens is 1. The number of ketones is 1. The Bertz CT molecular complexity index is 895. The lowest BCUT2D eigenvalue weighted by atomic mass is 9.59. The van der Waals surface area contributed by atoms with E-state index in [0.29, 0.717) is 17.2 Å². The van der Waals surface area contributed by atoms with Crippen LogP contribution in [0.5, 0.6) is 0 Å². The van der Waals surface area contributed by atoms with Gasteiger partial charge in [0.2, 0.25) is 0 Å². The second-order valence-corrected chi connectivity index (χ2v) is 9.28. The Balaban J connectivity index is 2.04. The summed E-state index contributed by atoms with van der Waals surface area (Å²) in [6.45, 7) is 6.56. The minimum absolute atomic E-state index is 0.0251. The van der Waals surface area contributed by atoms with Crippen molar-refractivity contribution in [1.82, 2.24) is 4.98 Å². The fourth-order valence-electron chi connectivity index (χ4n) is 4.77. The van der Waals surface area contributed by atoms with Crippen LogP contribution in [0.2, 0.25) is 5.02 Å². The summed E-state index contributed by atoms with van der Waals surface area (Å²) in [6.07, 6.45) is 3.23. The number of halogens is 1. The second kappa shape index (κ2) is 5.78. The number of thiazole rings is 1. The Kier molecular flexibility index (Phi) is 3.93. The summed E-state index contributed by atoms with van der Waals surface area (Å²) in [5.74, 6) is 0.298. The number of allylic oxidation sites excluding steroid dienone is 2. The minimum atomic E-state index is -0.400. The fourth-order valence-corrected chi connectivity index (χ4v) is 6.07. The zero-order chi connectivity index (χ0) is 17.8. The number of Topliss-reactive ketones (excluding diaryl/α,β-unsaturated/α-hetero) is 1. The highest BCUT2D eigenvalue weighted by Crippen LogP contribution is 2.55. The van der Waals surface area contributed by atoms with E-state index >= 15 is 0 Å². The maximum atomic E-state index is 13.3. The van der Waals surface area contributed by atoms with Gasteiger partial charge in [-0.25, -0.2) is 4.98 Å². The lowest BCUT2D eigenvalue weighted by Crippen LogP contribution is -2.42. The molecule has 25 heavy (non-hydrogen) atoms. The lowest BCUT2D eigenvalue weighted by Gasteiger charge is -2.44. The zero-order valence-corrected chi connectivity index (χ0v) is 16.4. The van der Waals surface area contributed by atoms with E-state index in [1.807, 2.05) is 23.7 Å². The predicted octanol–water partition coefficient (Wildman–Crippen LogP) is 5.73. The molecule has 4 rings (SSSR count). The standard InChI is InChI=1S/C21H22ClNOS/c1-4-21(14-6-5-7-15(22)9-14)18-13(8-16-19(21)25-12-23-16)10-20(2,3)11-17(18)24/h5-7,9,12H,4,8,10-11H2,1-3H3. The van der Waals surface area contributed by atoms with Crippen LogP contribution in [0.1, 0.15) is 56.2 Å². The summed E-state index contributed by atoms with van der Waals surface area (Å²) in [6, 6.07) is 8.02. The first kappa shape index (κ1) is 17.0. The first-order valence-electron chi connectivity index (χ1n) is 8.82. The third-order valence-electron chi connectivity index (χ3n) is 5.65. The number of hydrogen-bond donors (Lipinski definition) is 0. The summed E-state index contributed by atoms with van der Waals surface area (Å²) in [7, 11) is 0. The summed E-state index contributed by atoms with van der Waals surface area (Å²) in [5, 5.41) is 0.715. The molecule has 1 atom stereocenters. The molecule has 2 aliphatic carbocycles. The van der Waals surface area contributed by atoms with E-state index in [-0.39, 0.29) is 5.41 Å². The molecule has 0 radical (unpaired) electrons. The van der Waals surface area contributed by atoms with Crippen molar-refractivity contribution < 1.29 is 4.79 Å². The minimum Gasteiger partial charge on any atom is -0.294 e. The third-order valence-corrected chi connectivity index (χ3v) is 6.91. The van der Waals surface area contributed by atoms with Crippen LogP contribution in [0, 0.1) is 5.41 Å². The molecule has 0 bridgehead atoms. The van der Waals surface area contributed by atoms with E-state index in [1.54, 1.807) is 11.3 Å². The van der Waals surface area contributed by atoms with E-state index < -0.39 is 5.41 Å². The van der Waals surface area contributed by atoms with Gasteiger partial charge in [-0.05, 0) is 36.0 Å². The largest absolute Gasteiger partial charge is 0.294 e. The maximum absolute atomic E-state index is 13.3. The molecule has 4 heteroatoms. The molecule has 130 valence electrons. The number of nitrogens with zero attached hydrogens (tertiary/aromatic N) is 1. The van der Waals surface area contributed by atoms with Crippen LogP contribution >= 0.6 is 22.9 Å². The molecular formula is C21H22ClNOS. The second-order valence-electron chi connectivity index (χ2n) is 7.99. The topological polar surface area (TPSA) is 30.0 Å². The van der Waals surface area contributed by atoms with Crippen LogP contribution < -0.4 is 0 Å². The van der Waals surface area contributed by atoms with Gasteiger partial charge in [-0.3, -0.25) is 4.79 Å². The Labute approximate surface area is 157 Å². The summed E-state index contributed by atoms with van der Waals surface area (Å²) in [5.41, 5.74) is 6.10. The monoisotopic (exact) mass is 371 g/mol. The normalized spacial score (nSPS) is 24.9. The average molecular weight is 372 g/mol. The number of benzene rings is 1. The molecule has 0 saturated carbocycles. The predicted molar refractivity (Wildman–Crippen MR) is 103 cm³/mol. The SMILES string of the molecule is CCC1(c2cccc(Cl)c2)C2=C(Cc3ncsc31)CC(C)(C)CC2=O. The van der Waals surface area contributed by atoms with Crippen molar-refractivity contribution in [3.63, 3.8) is 0 Å². The van der Waals surface area contributed by atoms with Crippen molar-refractivity contribution in [3.05, 3.63) is 62.1 Å². The van der Waals surface area contributed by atoms with E-state index in [0.717, 1.165) is 36.1 Å². The van der Waals surface area contributed by atoms with Gasteiger partial charge in [-0.2, -0.15) is 0 Å². The van der Waals surface area contributed by atoms with Crippen LogP contribution in [-0.2, 0) is 16.6 Å². The van der Waals surface area contributed by atoms with Gasteiger partial charge in [0.25, 0.3) is 0 Å². The smallest absolute Gasteiger partial charge is 0.160 e. The number of rotatable bonds is 2. The first-order chi connectivity index (χ1) is 11.9. The number of fused-ring (bicyclic) bond motifs is 1. The molecule has 0 aliphatic heterocycles. The Morgan fingerprint density at radius 3 is 2.80 bits per heavy atom. The van der Waals surface area contributed by atoms with E-state index in [1.165, 1.54) is 10.5 Å². The first-order valence-corrected chi connectivity index (χ1v) is 10.1. The molecule has 0 saturated heterocycles. The van der Waals surface area contributed by atoms with Crippen molar-refractivity contribution in [2.75, 3.05) is 0 Å². The van der Waals surface area contributed by atoms with Crippen LogP contribution in [0.15, 0.2) is 40.9 Å². The quantitative estimate of drug-likeness (QED) is 0.674. The molecule has 0 spiro atoms. The van der Waals surface area contributed by atoms with Crippen molar-refractivity contribution in [2.24, 2.45) is 5.41 Å². The lowest BCUT2D eigenvalue weighted by molar-refractivity contribution is -0.118. The molecule has 1 heterocycles. The molecule has 2 aliphatic rings. The Morgan fingerprint density at radius 1 is 1.28 bits per heavy atom. The van der Waals surface area contributed by atoms with Crippen LogP contribution in [0.4, 0.5) is 0 Å². The molecule has 2 nitrogen and oxygen atoms in total. The van der Waals surface area contributed by atoms with Gasteiger partial charge in [0.15, 0.2) is 5.78 Å². The summed E-state index contributed by atoms with van der Waals surface area (Å²) < 4.78 is 0. The summed E-state index contributed by atoms with van der Waals surface area (Å²) in [4.78, 5) is 19.2. The average Bonchev–Trinajstić information content (AvgIpc) is 3.00. The number of carbonyl (C=O) groups excluding carboxylic acids is 1. The van der Waals surface area contributed by atoms with Crippen LogP contribution in [0.25, 0.3) is 0 Å². The van der Waals surface area contributed by atoms with Gasteiger partial charge in [0, 0.05) is 28.3 Å². The Hall–Kier alpha value is -1.45. The molecule has 0 amide bonds. The summed E-state index contributed by atoms with van der Waals surface area (Å²) >= 11 is 8.00. The molecular weight excluding hydrogens is 350 g/mol. The third kappa shape index (κ3) is 2.51. The molecule has 2 aromatic rings. The Morgan fingerprint density at radius 2 is 2.08 bits per heavy atom. The highest BCUT2D eigenvalue weighted by Gasteiger charge is 2.50. The van der Waals surface area contributed by atoms with Gasteiger partial charge < -0.3 is 0 Å². The van der Waals surface area contributed by atoms with Crippen molar-refractivity contribution in [1.29, 1.82) is 0 Å². The molecule has 1 aromatic heterocycles. The molecule has 1 aromatic carbocycles. The van der Waals surface area contributed by atoms with Gasteiger partial charge >= 0.3 is 0 Å². The maximum Gasteiger partial charge on any atom is 0.160 e. The van der Waals surface area contributed by atoms with E-state index in [2.05, 4.69) is 31.8 Å². The molecule has 0 fully saturated rings. The van der Waals surface area contributed by atoms with Gasteiger partial charge in [-0.1, -0.05) is 50.1 Å². The number of carbonyl (C=O) groups is 1. The van der Waals surface area contributed by atoms with Gasteiger partial charge in [0.05, 0.1) is 16.6 Å². The number of hydrogen-bond acceptors (Lipinski definition) is 3.